The molecule has 3 nitrogen and oxygen atoms in total. The first-order valence-corrected chi connectivity index (χ1v) is 0.861. The smallest absolute Gasteiger partial charge is 0.868 e. The van der Waals surface area contributed by atoms with E-state index in [1.54, 1.807) is 0 Å². The molecule has 0 aromatic rings. The van der Waals surface area contributed by atoms with Gasteiger partial charge in [-0.25, -0.2) is 0 Å². The van der Waals surface area contributed by atoms with E-state index in [0.29, 0.717) is 0 Å². The predicted octanol–water partition coefficient (Wildman–Crippen LogP) is -2.41. The van der Waals surface area contributed by atoms with Crippen molar-refractivity contribution in [2.24, 2.45) is 0 Å². The molecule has 0 aromatic heterocycles. The summed E-state index contributed by atoms with van der Waals surface area (Å²) in [5, 5.41) is 17.5. The van der Waals surface area contributed by atoms with E-state index in [0.717, 1.165) is 0 Å². The average molecular weight is 143 g/mol. The van der Waals surface area contributed by atoms with Crippen LogP contribution < -0.4 is 10.0 Å². The molecule has 0 unspecified atom stereocenters. The van der Waals surface area contributed by atoms with Crippen LogP contribution in [-0.2, 0) is 24.3 Å². The van der Waals surface area contributed by atoms with Crippen LogP contribution in [0.1, 0.15) is 0 Å². The fourth-order valence-corrected chi connectivity index (χ4v) is 0. The number of rotatable bonds is 1. The zero-order valence-electron chi connectivity index (χ0n) is 2.89. The third-order valence-electron chi connectivity index (χ3n) is 0.0727. The number of hydrogen-bond donors (Lipinski definition) is 0. The first-order valence-electron chi connectivity index (χ1n) is 0.861. The van der Waals surface area contributed by atoms with Crippen LogP contribution in [-0.4, -0.2) is 7.32 Å². The molecule has 0 aliphatic heterocycles. The molecule has 0 N–H and O–H groups in total. The van der Waals surface area contributed by atoms with E-state index < -0.39 is 7.32 Å². The van der Waals surface area contributed by atoms with E-state index in [1.165, 1.54) is 0 Å². The van der Waals surface area contributed by atoms with Crippen LogP contribution >= 0.6 is 0 Å². The van der Waals surface area contributed by atoms with Crippen LogP contribution in [0.25, 0.3) is 0 Å². The Kier molecular flexibility index (Phi) is 8.90. The maximum atomic E-state index is 9.99. The monoisotopic (exact) mass is 142 g/mol. The Morgan fingerprint density at radius 2 is 1.67 bits per heavy atom. The fourth-order valence-electron chi connectivity index (χ4n) is 0. The van der Waals surface area contributed by atoms with Gasteiger partial charge in [-0.1, -0.05) is 4.53 Å². The molecule has 0 fully saturated rings. The molecule has 0 rings (SSSR count). The Morgan fingerprint density at radius 3 is 1.67 bits per heavy atom. The van der Waals surface area contributed by atoms with E-state index in [9.17, 15) is 4.53 Å². The first-order chi connectivity index (χ1) is 2.27. The quantitative estimate of drug-likeness (QED) is 0.384. The summed E-state index contributed by atoms with van der Waals surface area (Å²) >= 11 is 0. The van der Waals surface area contributed by atoms with Gasteiger partial charge in [0.1, 0.15) is 7.32 Å². The van der Waals surface area contributed by atoms with Gasteiger partial charge in [0.15, 0.2) is 0 Å². The summed E-state index contributed by atoms with van der Waals surface area (Å²) in [5.74, 6) is 0. The normalized spacial score (nSPS) is 6.50. The number of halogens is 1. The number of hydrogen-bond acceptors (Lipinski definition) is 3. The van der Waals surface area contributed by atoms with Crippen molar-refractivity contribution < 1.29 is 38.9 Å². The molecule has 0 saturated carbocycles. The molecule has 0 aliphatic rings. The van der Waals surface area contributed by atoms with Crippen molar-refractivity contribution in [2.75, 3.05) is 0 Å². The summed E-state index contributed by atoms with van der Waals surface area (Å²) in [4.78, 5) is 2.14. The van der Waals surface area contributed by atoms with E-state index in [-0.39, 0.29) is 19.5 Å². The van der Waals surface area contributed by atoms with Crippen LogP contribution in [0.2, 0.25) is 0 Å². The van der Waals surface area contributed by atoms with Gasteiger partial charge in [0, 0.05) is 0 Å². The average Bonchev–Trinajstić information content (AvgIpc) is 1.38. The Balaban J connectivity index is 0. The van der Waals surface area contributed by atoms with Crippen LogP contribution in [0.5, 0.6) is 0 Å². The van der Waals surface area contributed by atoms with Gasteiger partial charge in [-0.15, -0.1) is 0 Å². The Bertz CT molecular complexity index is 24.8. The van der Waals surface area contributed by atoms with Crippen LogP contribution in [0.3, 0.4) is 0 Å². The van der Waals surface area contributed by atoms with E-state index in [4.69, 9.17) is 10.0 Å². The third-order valence-corrected chi connectivity index (χ3v) is 0.0727. The van der Waals surface area contributed by atoms with E-state index >= 15 is 0 Å². The molecule has 6 heteroatoms. The summed E-state index contributed by atoms with van der Waals surface area (Å²) in [6.45, 7) is 0. The first kappa shape index (κ1) is 9.71. The summed E-state index contributed by atoms with van der Waals surface area (Å²) in [6, 6.07) is 0. The molecule has 0 aromatic carbocycles. The third kappa shape index (κ3) is 8.82. The van der Waals surface area contributed by atoms with Gasteiger partial charge in [-0.05, 0) is 0 Å². The van der Waals surface area contributed by atoms with E-state index in [1.807, 2.05) is 0 Å². The Morgan fingerprint density at radius 1 is 1.50 bits per heavy atom. The minimum atomic E-state index is -2.78. The molecule has 0 aliphatic carbocycles. The minimum absolute atomic E-state index is 0. The summed E-state index contributed by atoms with van der Waals surface area (Å²) in [6.07, 6.45) is 0. The molecule has 0 amide bonds. The second kappa shape index (κ2) is 5.50. The largest absolute Gasteiger partial charge is 2.00 e. The molecule has 0 atom stereocenters. The van der Waals surface area contributed by atoms with Crippen molar-refractivity contribution in [2.45, 2.75) is 0 Å². The van der Waals surface area contributed by atoms with Crippen LogP contribution in [0.15, 0.2) is 0 Å². The second-order valence-corrected chi connectivity index (χ2v) is 0.378. The zero-order valence-corrected chi connectivity index (χ0v) is 5.85. The SMILES string of the molecule is [O-]B([O-])OF.[Zn+2]. The maximum Gasteiger partial charge on any atom is 2.00 e. The van der Waals surface area contributed by atoms with Crippen molar-refractivity contribution >= 4 is 7.32 Å². The maximum absolute atomic E-state index is 9.99. The molecule has 0 radical (unpaired) electrons. The van der Waals surface area contributed by atoms with Gasteiger partial charge in [-0.3, -0.25) is 0 Å². The molecule has 0 heterocycles. The second-order valence-electron chi connectivity index (χ2n) is 0.378. The van der Waals surface area contributed by atoms with Gasteiger partial charge in [0.2, 0.25) is 0 Å². The van der Waals surface area contributed by atoms with Gasteiger partial charge in [-0.2, -0.15) is 0 Å². The van der Waals surface area contributed by atoms with Crippen LogP contribution in [0, 0.1) is 0 Å². The Labute approximate surface area is 47.0 Å². The van der Waals surface area contributed by atoms with Gasteiger partial charge in [0.05, 0.1) is 0 Å². The predicted molar refractivity (Wildman–Crippen MR) is 7.95 cm³/mol. The fraction of sp³-hybridized carbons (Fsp3) is 0. The Hall–Kier alpha value is 0.498. The molecule has 30 valence electrons. The van der Waals surface area contributed by atoms with Crippen molar-refractivity contribution in [3.05, 3.63) is 0 Å². The molecular weight excluding hydrogens is 143 g/mol. The zero-order chi connectivity index (χ0) is 4.28. The van der Waals surface area contributed by atoms with Crippen molar-refractivity contribution in [3.8, 4) is 0 Å². The molecular formula is BFO3Zn. The molecule has 0 saturated heterocycles. The van der Waals surface area contributed by atoms with Gasteiger partial charge >= 0.3 is 19.5 Å². The van der Waals surface area contributed by atoms with Crippen molar-refractivity contribution in [1.82, 2.24) is 0 Å². The van der Waals surface area contributed by atoms with Gasteiger partial charge in [0.25, 0.3) is 0 Å². The van der Waals surface area contributed by atoms with Crippen LogP contribution in [0.4, 0.5) is 4.53 Å². The van der Waals surface area contributed by atoms with Gasteiger partial charge < -0.3 is 14.9 Å². The van der Waals surface area contributed by atoms with E-state index in [2.05, 4.69) is 4.86 Å². The summed E-state index contributed by atoms with van der Waals surface area (Å²) < 4.78 is 9.99. The molecule has 6 heavy (non-hydrogen) atoms. The van der Waals surface area contributed by atoms with Crippen molar-refractivity contribution in [3.63, 3.8) is 0 Å². The topological polar surface area (TPSA) is 55.3 Å². The standard InChI is InChI=1S/BFO3.Zn/c2-5-1(3)4;/q-2;+2. The molecule has 0 spiro atoms. The summed E-state index contributed by atoms with van der Waals surface area (Å²) in [7, 11) is -2.78. The van der Waals surface area contributed by atoms with Crippen molar-refractivity contribution in [1.29, 1.82) is 0 Å². The minimum Gasteiger partial charge on any atom is -0.868 e. The molecule has 0 bridgehead atoms. The summed E-state index contributed by atoms with van der Waals surface area (Å²) in [5.41, 5.74) is 0.